The third-order valence-electron chi connectivity index (χ3n) is 7.20. The number of hydrogen-bond acceptors (Lipinski definition) is 10. The highest BCUT2D eigenvalue weighted by Crippen LogP contribution is 2.49. The second-order valence-electron chi connectivity index (χ2n) is 10.1. The monoisotopic (exact) mass is 593 g/mol. The summed E-state index contributed by atoms with van der Waals surface area (Å²) in [5, 5.41) is 0. The van der Waals surface area contributed by atoms with Gasteiger partial charge in [0.25, 0.3) is 5.79 Å². The summed E-state index contributed by atoms with van der Waals surface area (Å²) in [4.78, 5) is 16.0. The largest absolute Gasteiger partial charge is 0.497 e. The molecule has 4 rings (SSSR count). The quantitative estimate of drug-likeness (QED) is 0.244. The van der Waals surface area contributed by atoms with Crippen molar-refractivity contribution in [2.75, 3.05) is 69.9 Å². The smallest absolute Gasteiger partial charge is 0.342 e. The summed E-state index contributed by atoms with van der Waals surface area (Å²) in [5.41, 5.74) is 2.91. The molecule has 1 unspecified atom stereocenters. The third-order valence-corrected chi connectivity index (χ3v) is 7.20. The highest BCUT2D eigenvalue weighted by molar-refractivity contribution is 6.20. The van der Waals surface area contributed by atoms with E-state index < -0.39 is 11.8 Å². The first-order chi connectivity index (χ1) is 20.7. The molecule has 3 aromatic carbocycles. The molecule has 1 aliphatic rings. The lowest BCUT2D eigenvalue weighted by Crippen LogP contribution is -2.36. The zero-order valence-corrected chi connectivity index (χ0v) is 25.9. The lowest BCUT2D eigenvalue weighted by atomic mass is 9.87. The van der Waals surface area contributed by atoms with Crippen LogP contribution in [-0.4, -0.2) is 80.8 Å². The van der Waals surface area contributed by atoms with Crippen molar-refractivity contribution in [1.29, 1.82) is 0 Å². The van der Waals surface area contributed by atoms with Crippen molar-refractivity contribution in [1.82, 2.24) is 4.90 Å². The molecular formula is C33H39NO9. The normalized spacial score (nSPS) is 16.3. The van der Waals surface area contributed by atoms with Crippen LogP contribution < -0.4 is 28.4 Å². The fourth-order valence-electron chi connectivity index (χ4n) is 5.04. The lowest BCUT2D eigenvalue weighted by molar-refractivity contribution is -0.209. The molecule has 0 saturated heterocycles. The molecular weight excluding hydrogens is 554 g/mol. The molecule has 0 N–H and O–H groups in total. The van der Waals surface area contributed by atoms with Crippen LogP contribution in [-0.2, 0) is 26.5 Å². The predicted molar refractivity (Wildman–Crippen MR) is 162 cm³/mol. The van der Waals surface area contributed by atoms with Gasteiger partial charge in [0.05, 0.1) is 54.8 Å². The number of hydrogen-bond donors (Lipinski definition) is 0. The van der Waals surface area contributed by atoms with Crippen LogP contribution in [0.3, 0.4) is 0 Å². The molecule has 1 aliphatic heterocycles. The van der Waals surface area contributed by atoms with Gasteiger partial charge in [-0.25, -0.2) is 4.79 Å². The summed E-state index contributed by atoms with van der Waals surface area (Å²) in [6.07, 6.45) is 0.241. The maximum absolute atomic E-state index is 14.0. The fraction of sp³-hybridized carbons (Fsp3) is 0.364. The first-order valence-corrected chi connectivity index (χ1v) is 13.7. The molecule has 0 radical (unpaired) electrons. The number of nitrogens with zero attached hydrogens (tertiary/aromatic N) is 1. The number of cyclic esters (lactones) is 1. The third kappa shape index (κ3) is 6.50. The van der Waals surface area contributed by atoms with Gasteiger partial charge in [-0.15, -0.1) is 0 Å². The van der Waals surface area contributed by atoms with Gasteiger partial charge in [-0.3, -0.25) is 0 Å². The minimum atomic E-state index is -1.55. The van der Waals surface area contributed by atoms with Crippen molar-refractivity contribution < 1.29 is 42.7 Å². The molecule has 1 atom stereocenters. The van der Waals surface area contributed by atoms with Gasteiger partial charge in [0.15, 0.2) is 11.5 Å². The van der Waals surface area contributed by atoms with Crippen LogP contribution in [0.25, 0.3) is 5.57 Å². The van der Waals surface area contributed by atoms with Gasteiger partial charge < -0.3 is 42.8 Å². The van der Waals surface area contributed by atoms with E-state index in [2.05, 4.69) is 0 Å². The fourth-order valence-corrected chi connectivity index (χ4v) is 5.04. The van der Waals surface area contributed by atoms with E-state index in [1.165, 1.54) is 0 Å². The molecule has 3 aromatic rings. The minimum Gasteiger partial charge on any atom is -0.497 e. The van der Waals surface area contributed by atoms with Crippen LogP contribution in [0.4, 0.5) is 0 Å². The molecule has 0 amide bonds. The zero-order valence-electron chi connectivity index (χ0n) is 25.9. The summed E-state index contributed by atoms with van der Waals surface area (Å²) >= 11 is 0. The molecule has 0 fully saturated rings. The average Bonchev–Trinajstić information content (AvgIpc) is 3.30. The minimum absolute atomic E-state index is 0.241. The average molecular weight is 594 g/mol. The number of carbonyl (C=O) groups is 1. The number of likely N-dealkylation sites (N-methyl/N-ethyl adjacent to an activating group) is 1. The Hall–Kier alpha value is -4.41. The van der Waals surface area contributed by atoms with Gasteiger partial charge >= 0.3 is 5.97 Å². The summed E-state index contributed by atoms with van der Waals surface area (Å²) in [6, 6.07) is 16.3. The standard InChI is InChI=1S/C33H39NO9/c1-34(2)13-14-42-33(23-9-11-24(36-3)12-10-23)27(15-21-16-28(39-6)31(41-8)29(17-21)40-7)30(32(35)43-33)22-18-25(37-4)20-26(19-22)38-5/h9-12,16-20H,13-15H2,1-8H3. The highest BCUT2D eigenvalue weighted by Gasteiger charge is 2.51. The van der Waals surface area contributed by atoms with Crippen molar-refractivity contribution >= 4 is 11.5 Å². The second kappa shape index (κ2) is 13.7. The van der Waals surface area contributed by atoms with Crippen LogP contribution >= 0.6 is 0 Å². The number of esters is 1. The first kappa shape index (κ1) is 31.5. The maximum atomic E-state index is 14.0. The van der Waals surface area contributed by atoms with E-state index in [1.54, 1.807) is 60.9 Å². The molecule has 1 heterocycles. The highest BCUT2D eigenvalue weighted by atomic mass is 16.7. The Bertz CT molecular complexity index is 1420. The van der Waals surface area contributed by atoms with Crippen molar-refractivity contribution in [2.24, 2.45) is 0 Å². The van der Waals surface area contributed by atoms with Gasteiger partial charge in [-0.1, -0.05) is 0 Å². The Kier molecular flexibility index (Phi) is 10.1. The SMILES string of the molecule is COc1ccc(C2(OCCN(C)C)OC(=O)C(c3cc(OC)cc(OC)c3)=C2Cc2cc(OC)c(OC)c(OC)c2)cc1. The van der Waals surface area contributed by atoms with E-state index in [0.29, 0.717) is 63.3 Å². The Labute approximate surface area is 252 Å². The van der Waals surface area contributed by atoms with E-state index in [-0.39, 0.29) is 13.0 Å². The second-order valence-corrected chi connectivity index (χ2v) is 10.1. The van der Waals surface area contributed by atoms with Crippen molar-refractivity contribution in [2.45, 2.75) is 12.2 Å². The van der Waals surface area contributed by atoms with E-state index >= 15 is 0 Å². The predicted octanol–water partition coefficient (Wildman–Crippen LogP) is 4.72. The number of carbonyl (C=O) groups excluding carboxylic acids is 1. The molecule has 0 saturated carbocycles. The number of benzene rings is 3. The number of methoxy groups -OCH3 is 6. The Balaban J connectivity index is 2.01. The van der Waals surface area contributed by atoms with Crippen molar-refractivity contribution in [3.8, 4) is 34.5 Å². The van der Waals surface area contributed by atoms with Crippen LogP contribution in [0, 0.1) is 0 Å². The van der Waals surface area contributed by atoms with Crippen molar-refractivity contribution in [3.05, 3.63) is 76.9 Å². The Morgan fingerprint density at radius 1 is 0.721 bits per heavy atom. The van der Waals surface area contributed by atoms with Gasteiger partial charge in [0.1, 0.15) is 17.2 Å². The van der Waals surface area contributed by atoms with E-state index in [4.69, 9.17) is 37.9 Å². The molecule has 0 aliphatic carbocycles. The summed E-state index contributed by atoms with van der Waals surface area (Å²) in [6.45, 7) is 0.870. The molecule has 43 heavy (non-hydrogen) atoms. The molecule has 0 spiro atoms. The van der Waals surface area contributed by atoms with E-state index in [9.17, 15) is 4.79 Å². The molecule has 10 heteroatoms. The van der Waals surface area contributed by atoms with Gasteiger partial charge in [0, 0.05) is 30.2 Å². The van der Waals surface area contributed by atoms with E-state index in [0.717, 1.165) is 5.56 Å². The summed E-state index contributed by atoms with van der Waals surface area (Å²) in [7, 11) is 13.3. The zero-order chi connectivity index (χ0) is 31.1. The number of rotatable bonds is 14. The van der Waals surface area contributed by atoms with Crippen molar-refractivity contribution in [3.63, 3.8) is 0 Å². The van der Waals surface area contributed by atoms with Crippen LogP contribution in [0.1, 0.15) is 16.7 Å². The van der Waals surface area contributed by atoms with E-state index in [1.807, 2.05) is 55.4 Å². The van der Waals surface area contributed by atoms with Crippen LogP contribution in [0.5, 0.6) is 34.5 Å². The first-order valence-electron chi connectivity index (χ1n) is 13.7. The van der Waals surface area contributed by atoms with Crippen LogP contribution in [0.15, 0.2) is 60.2 Å². The van der Waals surface area contributed by atoms with Crippen LogP contribution in [0.2, 0.25) is 0 Å². The maximum Gasteiger partial charge on any atom is 0.342 e. The Morgan fingerprint density at radius 2 is 1.30 bits per heavy atom. The molecule has 0 aromatic heterocycles. The van der Waals surface area contributed by atoms with Gasteiger partial charge in [0.2, 0.25) is 5.75 Å². The number of ether oxygens (including phenoxy) is 8. The molecule has 230 valence electrons. The van der Waals surface area contributed by atoms with Gasteiger partial charge in [-0.2, -0.15) is 0 Å². The summed E-state index contributed by atoms with van der Waals surface area (Å²) < 4.78 is 46.2. The molecule has 10 nitrogen and oxygen atoms in total. The Morgan fingerprint density at radius 3 is 1.79 bits per heavy atom. The topological polar surface area (TPSA) is 94.2 Å². The summed E-state index contributed by atoms with van der Waals surface area (Å²) in [5.74, 6) is 1.04. The van der Waals surface area contributed by atoms with Gasteiger partial charge in [-0.05, 0) is 73.8 Å². The lowest BCUT2D eigenvalue weighted by Gasteiger charge is -2.32. The molecule has 0 bridgehead atoms.